The van der Waals surface area contributed by atoms with E-state index < -0.39 is 5.97 Å². The van der Waals surface area contributed by atoms with E-state index in [0.29, 0.717) is 5.02 Å². The molecule has 0 aliphatic rings. The molecule has 1 heterocycles. The number of ether oxygens (including phenoxy) is 1. The molecular weight excluding hydrogens is 174 g/mol. The van der Waals surface area contributed by atoms with E-state index in [-0.39, 0.29) is 5.69 Å². The smallest absolute Gasteiger partial charge is 0.359 e. The van der Waals surface area contributed by atoms with Crippen molar-refractivity contribution in [1.82, 2.24) is 4.37 Å². The normalized spacial score (nSPS) is 9.40. The highest BCUT2D eigenvalue weighted by atomic mass is 35.5. The first-order valence-electron chi connectivity index (χ1n) is 2.44. The Hall–Kier alpha value is -0.610. The topological polar surface area (TPSA) is 39.2 Å². The van der Waals surface area contributed by atoms with E-state index in [2.05, 4.69) is 9.11 Å². The maximum atomic E-state index is 10.7. The second-order valence-corrected chi connectivity index (χ2v) is 2.54. The second kappa shape index (κ2) is 2.98. The van der Waals surface area contributed by atoms with Crippen molar-refractivity contribution in [1.29, 1.82) is 0 Å². The number of aromatic nitrogens is 1. The lowest BCUT2D eigenvalue weighted by atomic mass is 10.4. The van der Waals surface area contributed by atoms with Crippen LogP contribution in [0.15, 0.2) is 5.38 Å². The van der Waals surface area contributed by atoms with Crippen LogP contribution in [0.4, 0.5) is 0 Å². The average Bonchev–Trinajstić information content (AvgIpc) is 2.34. The molecule has 0 unspecified atom stereocenters. The Bertz CT molecular complexity index is 248. The Labute approximate surface area is 66.7 Å². The van der Waals surface area contributed by atoms with Crippen LogP contribution in [0.3, 0.4) is 0 Å². The Balaban J connectivity index is 2.93. The molecule has 0 N–H and O–H groups in total. The van der Waals surface area contributed by atoms with Crippen LogP contribution in [-0.4, -0.2) is 17.5 Å². The highest BCUT2D eigenvalue weighted by Crippen LogP contribution is 2.16. The molecule has 10 heavy (non-hydrogen) atoms. The van der Waals surface area contributed by atoms with Crippen molar-refractivity contribution in [2.75, 3.05) is 7.11 Å². The Kier molecular flexibility index (Phi) is 2.24. The van der Waals surface area contributed by atoms with Gasteiger partial charge in [-0.3, -0.25) is 0 Å². The molecule has 1 rings (SSSR count). The van der Waals surface area contributed by atoms with E-state index in [1.54, 1.807) is 5.38 Å². The summed E-state index contributed by atoms with van der Waals surface area (Å²) in [5.74, 6) is -0.494. The van der Waals surface area contributed by atoms with Gasteiger partial charge in [0.1, 0.15) is 0 Å². The molecular formula is C5H4ClNO2S. The fourth-order valence-electron chi connectivity index (χ4n) is 0.456. The van der Waals surface area contributed by atoms with Crippen LogP contribution in [-0.2, 0) is 4.74 Å². The van der Waals surface area contributed by atoms with E-state index in [4.69, 9.17) is 11.6 Å². The Morgan fingerprint density at radius 1 is 1.90 bits per heavy atom. The van der Waals surface area contributed by atoms with Crippen LogP contribution in [0.25, 0.3) is 0 Å². The minimum Gasteiger partial charge on any atom is -0.464 e. The van der Waals surface area contributed by atoms with Crippen molar-refractivity contribution >= 4 is 29.1 Å². The third-order valence-corrected chi connectivity index (χ3v) is 1.95. The molecule has 5 heteroatoms. The van der Waals surface area contributed by atoms with Gasteiger partial charge in [-0.2, -0.15) is 4.37 Å². The maximum absolute atomic E-state index is 10.7. The molecule has 0 bridgehead atoms. The molecule has 1 aromatic rings. The van der Waals surface area contributed by atoms with E-state index >= 15 is 0 Å². The second-order valence-electron chi connectivity index (χ2n) is 1.50. The number of hydrogen-bond donors (Lipinski definition) is 0. The number of nitrogens with zero attached hydrogens (tertiary/aromatic N) is 1. The Morgan fingerprint density at radius 2 is 2.60 bits per heavy atom. The maximum Gasteiger partial charge on any atom is 0.359 e. The van der Waals surface area contributed by atoms with Crippen molar-refractivity contribution in [3.8, 4) is 0 Å². The molecule has 0 amide bonds. The van der Waals surface area contributed by atoms with Gasteiger partial charge in [0.15, 0.2) is 5.69 Å². The van der Waals surface area contributed by atoms with Crippen LogP contribution < -0.4 is 0 Å². The highest BCUT2D eigenvalue weighted by molar-refractivity contribution is 7.04. The molecule has 0 aliphatic carbocycles. The quantitative estimate of drug-likeness (QED) is 0.612. The predicted octanol–water partition coefficient (Wildman–Crippen LogP) is 1.58. The number of carbonyl (C=O) groups is 1. The average molecular weight is 178 g/mol. The van der Waals surface area contributed by atoms with Gasteiger partial charge < -0.3 is 4.74 Å². The van der Waals surface area contributed by atoms with Crippen molar-refractivity contribution < 1.29 is 9.53 Å². The lowest BCUT2D eigenvalue weighted by Gasteiger charge is -1.91. The first kappa shape index (κ1) is 7.50. The summed E-state index contributed by atoms with van der Waals surface area (Å²) >= 11 is 6.69. The third-order valence-electron chi connectivity index (χ3n) is 0.905. The van der Waals surface area contributed by atoms with Crippen molar-refractivity contribution in [2.45, 2.75) is 0 Å². The zero-order valence-corrected chi connectivity index (χ0v) is 6.70. The Morgan fingerprint density at radius 3 is 3.00 bits per heavy atom. The first-order valence-corrected chi connectivity index (χ1v) is 3.65. The van der Waals surface area contributed by atoms with Crippen molar-refractivity contribution in [3.05, 3.63) is 16.1 Å². The minimum atomic E-state index is -0.494. The monoisotopic (exact) mass is 177 g/mol. The molecule has 0 fully saturated rings. The summed E-state index contributed by atoms with van der Waals surface area (Å²) in [6.45, 7) is 0. The van der Waals surface area contributed by atoms with E-state index in [1.165, 1.54) is 7.11 Å². The van der Waals surface area contributed by atoms with E-state index in [9.17, 15) is 4.79 Å². The lowest BCUT2D eigenvalue weighted by molar-refractivity contribution is 0.0595. The van der Waals surface area contributed by atoms with Crippen LogP contribution >= 0.6 is 23.1 Å². The van der Waals surface area contributed by atoms with Gasteiger partial charge in [-0.1, -0.05) is 11.6 Å². The van der Waals surface area contributed by atoms with Crippen LogP contribution in [0, 0.1) is 0 Å². The highest BCUT2D eigenvalue weighted by Gasteiger charge is 2.12. The molecule has 54 valence electrons. The fourth-order valence-corrected chi connectivity index (χ4v) is 1.28. The summed E-state index contributed by atoms with van der Waals surface area (Å²) in [6, 6.07) is 0. The lowest BCUT2D eigenvalue weighted by Crippen LogP contribution is -2.01. The number of methoxy groups -OCH3 is 1. The largest absolute Gasteiger partial charge is 0.464 e. The molecule has 0 radical (unpaired) electrons. The van der Waals surface area contributed by atoms with Gasteiger partial charge in [0.25, 0.3) is 0 Å². The molecule has 0 saturated heterocycles. The third kappa shape index (κ3) is 1.27. The van der Waals surface area contributed by atoms with Gasteiger partial charge in [-0.15, -0.1) is 0 Å². The molecule has 0 aromatic carbocycles. The molecule has 0 aliphatic heterocycles. The number of carbonyl (C=O) groups excluding carboxylic acids is 1. The van der Waals surface area contributed by atoms with Gasteiger partial charge in [-0.25, -0.2) is 4.79 Å². The zero-order valence-electron chi connectivity index (χ0n) is 5.13. The summed E-state index contributed by atoms with van der Waals surface area (Å²) in [5.41, 5.74) is 0.189. The van der Waals surface area contributed by atoms with Gasteiger partial charge in [0.05, 0.1) is 12.1 Å². The summed E-state index contributed by atoms with van der Waals surface area (Å²) in [7, 11) is 1.29. The molecule has 0 spiro atoms. The SMILES string of the molecule is COC(=O)c1nscc1Cl. The van der Waals surface area contributed by atoms with E-state index in [1.807, 2.05) is 0 Å². The van der Waals surface area contributed by atoms with Crippen molar-refractivity contribution in [2.24, 2.45) is 0 Å². The summed E-state index contributed by atoms with van der Waals surface area (Å²) in [6.07, 6.45) is 0. The summed E-state index contributed by atoms with van der Waals surface area (Å²) in [4.78, 5) is 10.7. The number of esters is 1. The minimum absolute atomic E-state index is 0.189. The molecule has 3 nitrogen and oxygen atoms in total. The summed E-state index contributed by atoms with van der Waals surface area (Å²) in [5, 5.41) is 1.92. The molecule has 1 aromatic heterocycles. The van der Waals surface area contributed by atoms with Crippen LogP contribution in [0.1, 0.15) is 10.5 Å². The molecule has 0 atom stereocenters. The van der Waals surface area contributed by atoms with Crippen molar-refractivity contribution in [3.63, 3.8) is 0 Å². The number of hydrogen-bond acceptors (Lipinski definition) is 4. The van der Waals surface area contributed by atoms with Crippen LogP contribution in [0.5, 0.6) is 0 Å². The van der Waals surface area contributed by atoms with Gasteiger partial charge in [0, 0.05) is 5.38 Å². The van der Waals surface area contributed by atoms with Gasteiger partial charge in [-0.05, 0) is 11.5 Å². The van der Waals surface area contributed by atoms with E-state index in [0.717, 1.165) is 11.5 Å². The molecule has 0 saturated carbocycles. The van der Waals surface area contributed by atoms with Gasteiger partial charge >= 0.3 is 5.97 Å². The predicted molar refractivity (Wildman–Crippen MR) is 38.5 cm³/mol. The number of rotatable bonds is 1. The van der Waals surface area contributed by atoms with Crippen LogP contribution in [0.2, 0.25) is 5.02 Å². The number of halogens is 1. The first-order chi connectivity index (χ1) is 4.75. The zero-order chi connectivity index (χ0) is 7.56. The van der Waals surface area contributed by atoms with Gasteiger partial charge in [0.2, 0.25) is 0 Å². The standard InChI is InChI=1S/C5H4ClNO2S/c1-9-5(8)4-3(6)2-10-7-4/h2H,1H3. The summed E-state index contributed by atoms with van der Waals surface area (Å²) < 4.78 is 8.12. The fraction of sp³-hybridized carbons (Fsp3) is 0.200.